The number of alkyl halides is 2. The number of aliphatic carboxylic acids is 1. The normalized spacial score (nSPS) is 12.6. The van der Waals surface area contributed by atoms with Crippen LogP contribution in [0.5, 0.6) is 0 Å². The minimum absolute atomic E-state index is 0.143. The summed E-state index contributed by atoms with van der Waals surface area (Å²) >= 11 is 8.94. The highest BCUT2D eigenvalue weighted by Gasteiger charge is 2.15. The lowest BCUT2D eigenvalue weighted by molar-refractivity contribution is -0.142. The summed E-state index contributed by atoms with van der Waals surface area (Å²) in [6, 6.07) is 0. The number of carbonyl (C=O) groups is 1. The Morgan fingerprint density at radius 3 is 2.12 bits per heavy atom. The van der Waals surface area contributed by atoms with Crippen LogP contribution in [0.4, 0.5) is 0 Å². The van der Waals surface area contributed by atoms with Gasteiger partial charge in [-0.15, -0.1) is 11.6 Å². The van der Waals surface area contributed by atoms with Crippen LogP contribution in [0.1, 0.15) is 51.4 Å². The predicted octanol–water partition coefficient (Wildman–Crippen LogP) is 4.44. The van der Waals surface area contributed by atoms with Crippen LogP contribution in [0.25, 0.3) is 0 Å². The topological polar surface area (TPSA) is 37.3 Å². The maximum Gasteiger partial charge on any atom is 0.306 e. The number of hydrogen-bond donors (Lipinski definition) is 1. The minimum Gasteiger partial charge on any atom is -0.481 e. The van der Waals surface area contributed by atoms with E-state index in [2.05, 4.69) is 15.9 Å². The van der Waals surface area contributed by atoms with E-state index in [0.717, 1.165) is 56.7 Å². The molecule has 0 aromatic rings. The van der Waals surface area contributed by atoms with Gasteiger partial charge >= 0.3 is 5.97 Å². The number of unbranched alkanes of at least 4 members (excludes halogenated alkanes) is 4. The molecule has 0 fully saturated rings. The molecule has 0 amide bonds. The van der Waals surface area contributed by atoms with Crippen LogP contribution in [0.3, 0.4) is 0 Å². The van der Waals surface area contributed by atoms with Gasteiger partial charge in [0.2, 0.25) is 0 Å². The highest BCUT2D eigenvalue weighted by atomic mass is 79.9. The second kappa shape index (κ2) is 11.7. The Bertz CT molecular complexity index is 176. The molecule has 1 atom stereocenters. The Balaban J connectivity index is 3.56. The molecule has 1 N–H and O–H groups in total. The van der Waals surface area contributed by atoms with Crippen molar-refractivity contribution < 1.29 is 9.90 Å². The van der Waals surface area contributed by atoms with Crippen molar-refractivity contribution in [3.8, 4) is 0 Å². The van der Waals surface area contributed by atoms with Gasteiger partial charge in [-0.3, -0.25) is 4.79 Å². The van der Waals surface area contributed by atoms with E-state index in [1.807, 2.05) is 0 Å². The third-order valence-electron chi connectivity index (χ3n) is 2.72. The van der Waals surface area contributed by atoms with Crippen LogP contribution in [-0.2, 0) is 4.79 Å². The van der Waals surface area contributed by atoms with Crippen LogP contribution >= 0.6 is 27.5 Å². The van der Waals surface area contributed by atoms with Gasteiger partial charge < -0.3 is 5.11 Å². The SMILES string of the molecule is O=C(O)C(CCCCBr)CCCCCCCl. The first-order valence-corrected chi connectivity index (χ1v) is 7.72. The van der Waals surface area contributed by atoms with Crippen LogP contribution in [-0.4, -0.2) is 22.3 Å². The van der Waals surface area contributed by atoms with Crippen molar-refractivity contribution in [1.29, 1.82) is 0 Å². The monoisotopic (exact) mass is 312 g/mol. The summed E-state index contributed by atoms with van der Waals surface area (Å²) in [7, 11) is 0. The van der Waals surface area contributed by atoms with E-state index in [-0.39, 0.29) is 5.92 Å². The molecule has 96 valence electrons. The van der Waals surface area contributed by atoms with Gasteiger partial charge in [-0.1, -0.05) is 41.6 Å². The standard InChI is InChI=1S/C12H22BrClO2/c13-9-5-4-8-11(12(15)16)7-3-1-2-6-10-14/h11H,1-10H2,(H,15,16). The summed E-state index contributed by atoms with van der Waals surface area (Å²) in [6.45, 7) is 0. The average Bonchev–Trinajstić information content (AvgIpc) is 2.26. The van der Waals surface area contributed by atoms with Gasteiger partial charge in [0.1, 0.15) is 0 Å². The molecule has 0 heterocycles. The zero-order valence-electron chi connectivity index (χ0n) is 9.76. The molecule has 0 saturated heterocycles. The average molecular weight is 314 g/mol. The maximum absolute atomic E-state index is 11.0. The summed E-state index contributed by atoms with van der Waals surface area (Å²) in [5.74, 6) is -0.0601. The highest BCUT2D eigenvalue weighted by Crippen LogP contribution is 2.18. The number of halogens is 2. The maximum atomic E-state index is 11.0. The summed E-state index contributed by atoms with van der Waals surface area (Å²) in [4.78, 5) is 11.0. The third kappa shape index (κ3) is 9.46. The van der Waals surface area contributed by atoms with Crippen molar-refractivity contribution in [3.63, 3.8) is 0 Å². The van der Waals surface area contributed by atoms with Gasteiger partial charge in [-0.2, -0.15) is 0 Å². The van der Waals surface area contributed by atoms with Crippen molar-refractivity contribution in [1.82, 2.24) is 0 Å². The van der Waals surface area contributed by atoms with Gasteiger partial charge in [-0.25, -0.2) is 0 Å². The second-order valence-electron chi connectivity index (χ2n) is 4.11. The van der Waals surface area contributed by atoms with Crippen molar-refractivity contribution in [2.24, 2.45) is 5.92 Å². The van der Waals surface area contributed by atoms with E-state index in [9.17, 15) is 4.79 Å². The number of carboxylic acid groups (broad SMARTS) is 1. The Labute approximate surface area is 112 Å². The number of carboxylic acids is 1. The molecule has 0 aliphatic carbocycles. The van der Waals surface area contributed by atoms with Crippen molar-refractivity contribution in [2.75, 3.05) is 11.2 Å². The van der Waals surface area contributed by atoms with Crippen molar-refractivity contribution in [2.45, 2.75) is 51.4 Å². The highest BCUT2D eigenvalue weighted by molar-refractivity contribution is 9.09. The molecule has 0 aliphatic rings. The predicted molar refractivity (Wildman–Crippen MR) is 72.6 cm³/mol. The lowest BCUT2D eigenvalue weighted by Gasteiger charge is -2.11. The third-order valence-corrected chi connectivity index (χ3v) is 3.55. The smallest absolute Gasteiger partial charge is 0.306 e. The molecule has 0 spiro atoms. The molecule has 2 nitrogen and oxygen atoms in total. The van der Waals surface area contributed by atoms with Crippen LogP contribution < -0.4 is 0 Å². The quantitative estimate of drug-likeness (QED) is 0.452. The van der Waals surface area contributed by atoms with Gasteiger partial charge in [0, 0.05) is 11.2 Å². The molecule has 4 heteroatoms. The summed E-state index contributed by atoms with van der Waals surface area (Å²) in [5, 5.41) is 10.0. The Hall–Kier alpha value is 0.240. The molecule has 0 aromatic heterocycles. The second-order valence-corrected chi connectivity index (χ2v) is 5.28. The number of hydrogen-bond acceptors (Lipinski definition) is 1. The van der Waals surface area contributed by atoms with E-state index in [1.165, 1.54) is 0 Å². The zero-order valence-corrected chi connectivity index (χ0v) is 12.1. The molecular weight excluding hydrogens is 291 g/mol. The molecule has 0 rings (SSSR count). The van der Waals surface area contributed by atoms with E-state index < -0.39 is 5.97 Å². The fourth-order valence-electron chi connectivity index (χ4n) is 1.72. The van der Waals surface area contributed by atoms with Crippen LogP contribution in [0.2, 0.25) is 0 Å². The Morgan fingerprint density at radius 2 is 1.62 bits per heavy atom. The van der Waals surface area contributed by atoms with Gasteiger partial charge in [0.25, 0.3) is 0 Å². The molecule has 1 unspecified atom stereocenters. The molecule has 0 bridgehead atoms. The molecule has 0 radical (unpaired) electrons. The Kier molecular flexibility index (Phi) is 11.9. The van der Waals surface area contributed by atoms with Crippen molar-refractivity contribution >= 4 is 33.5 Å². The first kappa shape index (κ1) is 16.2. The van der Waals surface area contributed by atoms with E-state index in [4.69, 9.17) is 16.7 Å². The summed E-state index contributed by atoms with van der Waals surface area (Å²) in [6.07, 6.45) is 7.99. The number of rotatable bonds is 11. The summed E-state index contributed by atoms with van der Waals surface area (Å²) < 4.78 is 0. The van der Waals surface area contributed by atoms with Crippen LogP contribution in [0.15, 0.2) is 0 Å². The molecule has 0 saturated carbocycles. The Morgan fingerprint density at radius 1 is 1.06 bits per heavy atom. The van der Waals surface area contributed by atoms with Gasteiger partial charge in [0.05, 0.1) is 5.92 Å². The molecule has 16 heavy (non-hydrogen) atoms. The summed E-state index contributed by atoms with van der Waals surface area (Å²) in [5.41, 5.74) is 0. The van der Waals surface area contributed by atoms with Crippen LogP contribution in [0, 0.1) is 5.92 Å². The molecule has 0 aromatic carbocycles. The zero-order chi connectivity index (χ0) is 12.2. The largest absolute Gasteiger partial charge is 0.481 e. The van der Waals surface area contributed by atoms with Crippen molar-refractivity contribution in [3.05, 3.63) is 0 Å². The molecule has 0 aliphatic heterocycles. The van der Waals surface area contributed by atoms with Gasteiger partial charge in [-0.05, 0) is 25.7 Å². The first-order chi connectivity index (χ1) is 7.72. The van der Waals surface area contributed by atoms with E-state index in [1.54, 1.807) is 0 Å². The van der Waals surface area contributed by atoms with E-state index in [0.29, 0.717) is 5.88 Å². The fourth-order valence-corrected chi connectivity index (χ4v) is 2.30. The molecular formula is C12H22BrClO2. The minimum atomic E-state index is -0.632. The van der Waals surface area contributed by atoms with Gasteiger partial charge in [0.15, 0.2) is 0 Å². The lowest BCUT2D eigenvalue weighted by atomic mass is 9.95. The van der Waals surface area contributed by atoms with E-state index >= 15 is 0 Å². The fraction of sp³-hybridized carbons (Fsp3) is 0.917. The first-order valence-electron chi connectivity index (χ1n) is 6.07. The lowest BCUT2D eigenvalue weighted by Crippen LogP contribution is -2.13.